The Hall–Kier alpha value is -3.98. The van der Waals surface area contributed by atoms with E-state index in [1.54, 1.807) is 42.7 Å². The van der Waals surface area contributed by atoms with E-state index in [-0.39, 0.29) is 5.91 Å². The van der Waals surface area contributed by atoms with Crippen LogP contribution in [-0.2, 0) is 16.0 Å². The third-order valence-corrected chi connectivity index (χ3v) is 5.40. The average Bonchev–Trinajstić information content (AvgIpc) is 2.86. The van der Waals surface area contributed by atoms with Gasteiger partial charge in [0, 0.05) is 24.0 Å². The van der Waals surface area contributed by atoms with Gasteiger partial charge in [0.05, 0.1) is 24.7 Å². The molecule has 0 aliphatic heterocycles. The molecule has 0 fully saturated rings. The van der Waals surface area contributed by atoms with Gasteiger partial charge in [0.1, 0.15) is 0 Å². The molecule has 3 rings (SSSR count). The van der Waals surface area contributed by atoms with Crippen molar-refractivity contribution in [2.45, 2.75) is 25.8 Å². The summed E-state index contributed by atoms with van der Waals surface area (Å²) in [5, 5.41) is 12.1. The predicted molar refractivity (Wildman–Crippen MR) is 122 cm³/mol. The smallest absolute Gasteiger partial charge is 0.311 e. The Bertz CT molecular complexity index is 1110. The Labute approximate surface area is 187 Å². The van der Waals surface area contributed by atoms with E-state index in [4.69, 9.17) is 10.00 Å². The van der Waals surface area contributed by atoms with Crippen molar-refractivity contribution >= 4 is 11.9 Å². The van der Waals surface area contributed by atoms with Crippen molar-refractivity contribution in [3.8, 4) is 17.2 Å². The van der Waals surface area contributed by atoms with Crippen LogP contribution in [0.1, 0.15) is 34.8 Å². The Morgan fingerprint density at radius 3 is 2.50 bits per heavy atom. The lowest BCUT2D eigenvalue weighted by atomic mass is 9.89. The molecule has 162 valence electrons. The zero-order valence-electron chi connectivity index (χ0n) is 18.1. The molecule has 1 aromatic heterocycles. The summed E-state index contributed by atoms with van der Waals surface area (Å²) in [6.07, 6.45) is 4.40. The molecule has 2 unspecified atom stereocenters. The van der Waals surface area contributed by atoms with Crippen LogP contribution in [0.4, 0.5) is 0 Å². The molecule has 0 aliphatic rings. The highest BCUT2D eigenvalue weighted by Gasteiger charge is 2.30. The van der Waals surface area contributed by atoms with E-state index < -0.39 is 17.9 Å². The van der Waals surface area contributed by atoms with Gasteiger partial charge in [-0.05, 0) is 59.9 Å². The number of amides is 1. The summed E-state index contributed by atoms with van der Waals surface area (Å²) in [4.78, 5) is 29.6. The van der Waals surface area contributed by atoms with Gasteiger partial charge in [-0.1, -0.05) is 37.3 Å². The van der Waals surface area contributed by atoms with Gasteiger partial charge in [-0.3, -0.25) is 14.6 Å². The van der Waals surface area contributed by atoms with E-state index in [1.807, 2.05) is 37.3 Å². The minimum atomic E-state index is -0.572. The van der Waals surface area contributed by atoms with Crippen molar-refractivity contribution in [2.24, 2.45) is 5.92 Å². The Balaban J connectivity index is 1.76. The van der Waals surface area contributed by atoms with Gasteiger partial charge in [-0.2, -0.15) is 5.26 Å². The number of hydrogen-bond donors (Lipinski definition) is 1. The van der Waals surface area contributed by atoms with Crippen LogP contribution in [0.15, 0.2) is 73.1 Å². The molecule has 0 spiro atoms. The first-order chi connectivity index (χ1) is 15.5. The molecule has 3 aromatic rings. The number of pyridine rings is 1. The van der Waals surface area contributed by atoms with Gasteiger partial charge in [0.15, 0.2) is 0 Å². The van der Waals surface area contributed by atoms with Crippen molar-refractivity contribution in [1.29, 1.82) is 5.26 Å². The van der Waals surface area contributed by atoms with E-state index in [1.165, 1.54) is 7.11 Å². The lowest BCUT2D eigenvalue weighted by Gasteiger charge is -2.25. The van der Waals surface area contributed by atoms with Crippen molar-refractivity contribution in [1.82, 2.24) is 10.3 Å². The molecule has 0 aliphatic carbocycles. The number of ether oxygens (including phenoxy) is 1. The molecule has 0 bridgehead atoms. The van der Waals surface area contributed by atoms with E-state index in [0.717, 1.165) is 16.7 Å². The Morgan fingerprint density at radius 2 is 1.88 bits per heavy atom. The molecule has 1 amide bonds. The second-order valence-corrected chi connectivity index (χ2v) is 7.45. The maximum Gasteiger partial charge on any atom is 0.311 e. The van der Waals surface area contributed by atoms with Crippen LogP contribution < -0.4 is 5.32 Å². The van der Waals surface area contributed by atoms with Crippen LogP contribution in [-0.4, -0.2) is 30.0 Å². The lowest BCUT2D eigenvalue weighted by molar-refractivity contribution is -0.146. The maximum absolute atomic E-state index is 12.9. The molecule has 0 radical (unpaired) electrons. The summed E-state index contributed by atoms with van der Waals surface area (Å²) in [5.74, 6) is -1.22. The zero-order chi connectivity index (χ0) is 22.9. The van der Waals surface area contributed by atoms with Crippen molar-refractivity contribution in [2.75, 3.05) is 7.11 Å². The zero-order valence-corrected chi connectivity index (χ0v) is 18.1. The first-order valence-corrected chi connectivity index (χ1v) is 10.4. The highest BCUT2D eigenvalue weighted by atomic mass is 16.5. The molecular formula is C26H25N3O3. The first kappa shape index (κ1) is 22.7. The Kier molecular flexibility index (Phi) is 7.71. The van der Waals surface area contributed by atoms with Crippen LogP contribution in [0.5, 0.6) is 0 Å². The normalized spacial score (nSPS) is 12.3. The number of nitrogens with one attached hydrogen (secondary N) is 1. The van der Waals surface area contributed by atoms with Crippen molar-refractivity contribution < 1.29 is 14.3 Å². The fourth-order valence-electron chi connectivity index (χ4n) is 3.65. The number of benzene rings is 2. The number of nitrogens with zero attached hydrogens (tertiary/aromatic N) is 2. The summed E-state index contributed by atoms with van der Waals surface area (Å²) in [7, 11) is 1.34. The highest BCUT2D eigenvalue weighted by Crippen LogP contribution is 2.20. The number of aromatic nitrogens is 1. The quantitative estimate of drug-likeness (QED) is 0.545. The number of methoxy groups -OCH3 is 1. The summed E-state index contributed by atoms with van der Waals surface area (Å²) < 4.78 is 5.01. The second kappa shape index (κ2) is 10.9. The molecule has 0 saturated carbocycles. The number of rotatable bonds is 8. The number of nitriles is 1. The molecule has 32 heavy (non-hydrogen) atoms. The van der Waals surface area contributed by atoms with Gasteiger partial charge in [-0.15, -0.1) is 0 Å². The third-order valence-electron chi connectivity index (χ3n) is 5.40. The summed E-state index contributed by atoms with van der Waals surface area (Å²) in [5.41, 5.74) is 3.80. The van der Waals surface area contributed by atoms with E-state index >= 15 is 0 Å². The van der Waals surface area contributed by atoms with Gasteiger partial charge in [0.2, 0.25) is 0 Å². The second-order valence-electron chi connectivity index (χ2n) is 7.45. The van der Waals surface area contributed by atoms with Crippen molar-refractivity contribution in [3.05, 3.63) is 89.7 Å². The molecule has 1 N–H and O–H groups in total. The van der Waals surface area contributed by atoms with Crippen LogP contribution in [0.25, 0.3) is 11.1 Å². The largest absolute Gasteiger partial charge is 0.469 e. The number of carbonyl (C=O) groups is 2. The number of esters is 1. The standard InChI is InChI=1S/C26H25N3O3/c1-3-24(23(26(31)32-2)15-18-6-4-7-19(14-18)16-27)29-25(30)21-11-9-20(10-12-21)22-8-5-13-28-17-22/h4-14,17,23-24H,3,15H2,1-2H3,(H,29,30). The fourth-order valence-corrected chi connectivity index (χ4v) is 3.65. The SMILES string of the molecule is CCC(NC(=O)c1ccc(-c2cccnc2)cc1)C(Cc1cccc(C#N)c1)C(=O)OC. The van der Waals surface area contributed by atoms with Crippen molar-refractivity contribution in [3.63, 3.8) is 0 Å². The van der Waals surface area contributed by atoms with Crippen LogP contribution in [0, 0.1) is 17.2 Å². The van der Waals surface area contributed by atoms with Crippen LogP contribution in [0.2, 0.25) is 0 Å². The molecule has 6 nitrogen and oxygen atoms in total. The Morgan fingerprint density at radius 1 is 1.09 bits per heavy atom. The summed E-state index contributed by atoms with van der Waals surface area (Å²) in [6, 6.07) is 19.9. The highest BCUT2D eigenvalue weighted by molar-refractivity contribution is 5.95. The topological polar surface area (TPSA) is 92.1 Å². The lowest BCUT2D eigenvalue weighted by Crippen LogP contribution is -2.44. The van der Waals surface area contributed by atoms with E-state index in [2.05, 4.69) is 16.4 Å². The predicted octanol–water partition coefficient (Wildman–Crippen LogP) is 4.16. The monoisotopic (exact) mass is 427 g/mol. The van der Waals surface area contributed by atoms with Gasteiger partial charge in [-0.25, -0.2) is 0 Å². The maximum atomic E-state index is 12.9. The molecular weight excluding hydrogens is 402 g/mol. The van der Waals surface area contributed by atoms with Crippen LogP contribution >= 0.6 is 0 Å². The van der Waals surface area contributed by atoms with Gasteiger partial charge >= 0.3 is 5.97 Å². The minimum Gasteiger partial charge on any atom is -0.469 e. The third kappa shape index (κ3) is 5.58. The number of carbonyl (C=O) groups excluding carboxylic acids is 2. The van der Waals surface area contributed by atoms with Gasteiger partial charge in [0.25, 0.3) is 5.91 Å². The molecule has 6 heteroatoms. The molecule has 2 aromatic carbocycles. The summed E-state index contributed by atoms with van der Waals surface area (Å²) >= 11 is 0. The van der Waals surface area contributed by atoms with E-state index in [0.29, 0.717) is 24.0 Å². The average molecular weight is 428 g/mol. The molecule has 0 saturated heterocycles. The van der Waals surface area contributed by atoms with E-state index in [9.17, 15) is 9.59 Å². The van der Waals surface area contributed by atoms with Crippen LogP contribution in [0.3, 0.4) is 0 Å². The number of hydrogen-bond acceptors (Lipinski definition) is 5. The summed E-state index contributed by atoms with van der Waals surface area (Å²) in [6.45, 7) is 1.91. The fraction of sp³-hybridized carbons (Fsp3) is 0.231. The molecule has 1 heterocycles. The molecule has 2 atom stereocenters. The van der Waals surface area contributed by atoms with Gasteiger partial charge < -0.3 is 10.1 Å². The first-order valence-electron chi connectivity index (χ1n) is 10.4. The minimum absolute atomic E-state index is 0.255.